The van der Waals surface area contributed by atoms with E-state index in [-0.39, 0.29) is 17.3 Å². The van der Waals surface area contributed by atoms with Crippen LogP contribution in [0, 0.1) is 0 Å². The summed E-state index contributed by atoms with van der Waals surface area (Å²) in [5, 5.41) is 0. The molecule has 0 unspecified atom stereocenters. The summed E-state index contributed by atoms with van der Waals surface area (Å²) in [6.45, 7) is 1.78. The van der Waals surface area contributed by atoms with Crippen molar-refractivity contribution in [1.29, 1.82) is 0 Å². The van der Waals surface area contributed by atoms with Crippen molar-refractivity contribution >= 4 is 26.2 Å². The molecule has 0 atom stereocenters. The fourth-order valence-corrected chi connectivity index (χ4v) is 5.62. The molecule has 1 aromatic rings. The van der Waals surface area contributed by atoms with Crippen LogP contribution in [0.15, 0.2) is 30.3 Å². The Morgan fingerprint density at radius 1 is 1.16 bits per heavy atom. The molecule has 1 rings (SSSR count). The van der Waals surface area contributed by atoms with Crippen LogP contribution in [0.2, 0.25) is 0 Å². The second kappa shape index (κ2) is 6.54. The minimum atomic E-state index is -3.53. The van der Waals surface area contributed by atoms with E-state index in [2.05, 4.69) is 0 Å². The van der Waals surface area contributed by atoms with Crippen molar-refractivity contribution in [1.82, 2.24) is 0 Å². The SMILES string of the molecule is CCCS(=O)(=O)OS(C)(C)CC(=O)c1ccccc1. The van der Waals surface area contributed by atoms with E-state index < -0.39 is 20.4 Å². The highest BCUT2D eigenvalue weighted by Gasteiger charge is 2.25. The lowest BCUT2D eigenvalue weighted by atomic mass is 10.2. The molecule has 0 aromatic heterocycles. The maximum Gasteiger partial charge on any atom is 0.276 e. The van der Waals surface area contributed by atoms with Crippen LogP contribution in [-0.4, -0.2) is 38.2 Å². The molecule has 0 saturated heterocycles. The van der Waals surface area contributed by atoms with Gasteiger partial charge in [-0.15, -0.1) is 10.3 Å². The van der Waals surface area contributed by atoms with Gasteiger partial charge in [0.1, 0.15) is 0 Å². The van der Waals surface area contributed by atoms with E-state index in [0.29, 0.717) is 12.0 Å². The Morgan fingerprint density at radius 3 is 2.26 bits per heavy atom. The third kappa shape index (κ3) is 5.76. The van der Waals surface area contributed by atoms with Gasteiger partial charge in [-0.1, -0.05) is 37.3 Å². The molecule has 0 radical (unpaired) electrons. The molecule has 19 heavy (non-hydrogen) atoms. The summed E-state index contributed by atoms with van der Waals surface area (Å²) >= 11 is 0. The van der Waals surface area contributed by atoms with Crippen molar-refractivity contribution in [3.63, 3.8) is 0 Å². The molecule has 0 bridgehead atoms. The standard InChI is InChI=1S/C13H20O4S2/c1-4-10-19(15,16)17-18(2,3)11-13(14)12-8-6-5-7-9-12/h5-9H,4,10-11H2,1-3H3. The van der Waals surface area contributed by atoms with Gasteiger partial charge in [0, 0.05) is 5.56 Å². The number of benzene rings is 1. The first-order valence-corrected chi connectivity index (χ1v) is 10.1. The Labute approximate surface area is 116 Å². The first kappa shape index (κ1) is 16.2. The van der Waals surface area contributed by atoms with E-state index in [9.17, 15) is 13.2 Å². The zero-order valence-corrected chi connectivity index (χ0v) is 13.1. The van der Waals surface area contributed by atoms with E-state index in [0.717, 1.165) is 0 Å². The number of Topliss-reactive ketones (excluding diaryl/α,β-unsaturated/α-hetero) is 1. The van der Waals surface area contributed by atoms with E-state index >= 15 is 0 Å². The van der Waals surface area contributed by atoms with Crippen molar-refractivity contribution < 1.29 is 16.8 Å². The second-order valence-corrected chi connectivity index (χ2v) is 9.93. The first-order chi connectivity index (χ1) is 8.76. The van der Waals surface area contributed by atoms with Crippen LogP contribution < -0.4 is 0 Å². The molecule has 0 aliphatic carbocycles. The van der Waals surface area contributed by atoms with Crippen molar-refractivity contribution in [2.24, 2.45) is 0 Å². The van der Waals surface area contributed by atoms with E-state index in [1.54, 1.807) is 43.7 Å². The first-order valence-electron chi connectivity index (χ1n) is 5.99. The van der Waals surface area contributed by atoms with E-state index in [4.69, 9.17) is 3.63 Å². The largest absolute Gasteiger partial charge is 0.293 e. The van der Waals surface area contributed by atoms with E-state index in [1.807, 2.05) is 6.07 Å². The van der Waals surface area contributed by atoms with Crippen LogP contribution in [0.1, 0.15) is 23.7 Å². The van der Waals surface area contributed by atoms with Crippen molar-refractivity contribution in [3.05, 3.63) is 35.9 Å². The number of carbonyl (C=O) groups is 1. The Hall–Kier alpha value is -0.850. The normalized spacial score (nSPS) is 13.2. The molecule has 0 aliphatic rings. The van der Waals surface area contributed by atoms with Crippen LogP contribution in [0.4, 0.5) is 0 Å². The maximum absolute atomic E-state index is 12.1. The lowest BCUT2D eigenvalue weighted by Crippen LogP contribution is -2.19. The van der Waals surface area contributed by atoms with Crippen LogP contribution in [0.5, 0.6) is 0 Å². The third-order valence-electron chi connectivity index (χ3n) is 2.32. The highest BCUT2D eigenvalue weighted by molar-refractivity contribution is 8.32. The lowest BCUT2D eigenvalue weighted by Gasteiger charge is -2.28. The van der Waals surface area contributed by atoms with Gasteiger partial charge in [0.05, 0.1) is 11.5 Å². The number of hydrogen-bond acceptors (Lipinski definition) is 4. The van der Waals surface area contributed by atoms with Gasteiger partial charge in [-0.2, -0.15) is 8.42 Å². The molecule has 0 aliphatic heterocycles. The fourth-order valence-electron chi connectivity index (χ4n) is 1.61. The highest BCUT2D eigenvalue weighted by atomic mass is 32.3. The summed E-state index contributed by atoms with van der Waals surface area (Å²) in [4.78, 5) is 12.1. The minimum absolute atomic E-state index is 0.0110. The van der Waals surface area contributed by atoms with E-state index in [1.165, 1.54) is 0 Å². The number of carbonyl (C=O) groups excluding carboxylic acids is 1. The number of hydrogen-bond donors (Lipinski definition) is 0. The molecule has 0 heterocycles. The average Bonchev–Trinajstić information content (AvgIpc) is 2.27. The van der Waals surface area contributed by atoms with Gasteiger partial charge in [0.25, 0.3) is 10.1 Å². The zero-order valence-electron chi connectivity index (χ0n) is 11.5. The van der Waals surface area contributed by atoms with Gasteiger partial charge in [-0.3, -0.25) is 4.79 Å². The van der Waals surface area contributed by atoms with Crippen molar-refractivity contribution in [2.75, 3.05) is 24.0 Å². The van der Waals surface area contributed by atoms with Gasteiger partial charge < -0.3 is 0 Å². The third-order valence-corrected chi connectivity index (χ3v) is 6.48. The molecule has 6 heteroatoms. The predicted octanol–water partition coefficient (Wildman–Crippen LogP) is 2.60. The molecule has 4 nitrogen and oxygen atoms in total. The average molecular weight is 304 g/mol. The summed E-state index contributed by atoms with van der Waals surface area (Å²) in [5.41, 5.74) is 0.583. The zero-order chi connectivity index (χ0) is 14.5. The lowest BCUT2D eigenvalue weighted by molar-refractivity contribution is 0.102. The molecule has 1 aromatic carbocycles. The van der Waals surface area contributed by atoms with Gasteiger partial charge >= 0.3 is 0 Å². The topological polar surface area (TPSA) is 60.4 Å². The predicted molar refractivity (Wildman–Crippen MR) is 80.2 cm³/mol. The number of ketones is 1. The van der Waals surface area contributed by atoms with Gasteiger partial charge in [-0.05, 0) is 18.9 Å². The Balaban J connectivity index is 2.72. The Bertz CT molecular complexity index is 521. The Kier molecular flexibility index (Phi) is 5.58. The van der Waals surface area contributed by atoms with Gasteiger partial charge in [0.2, 0.25) is 0 Å². The molecule has 0 saturated carbocycles. The van der Waals surface area contributed by atoms with Crippen LogP contribution >= 0.6 is 10.3 Å². The quantitative estimate of drug-likeness (QED) is 0.727. The van der Waals surface area contributed by atoms with Gasteiger partial charge in [0.15, 0.2) is 5.78 Å². The van der Waals surface area contributed by atoms with Crippen LogP contribution in [0.3, 0.4) is 0 Å². The molecule has 0 fully saturated rings. The number of rotatable bonds is 7. The summed E-state index contributed by atoms with van der Waals surface area (Å²) in [7, 11) is -5.48. The monoisotopic (exact) mass is 304 g/mol. The minimum Gasteiger partial charge on any atom is -0.293 e. The fraction of sp³-hybridized carbons (Fsp3) is 0.462. The molecule has 0 N–H and O–H groups in total. The summed E-state index contributed by atoms with van der Waals surface area (Å²) < 4.78 is 28.5. The molecular formula is C13H20O4S2. The highest BCUT2D eigenvalue weighted by Crippen LogP contribution is 2.43. The van der Waals surface area contributed by atoms with Crippen LogP contribution in [-0.2, 0) is 13.7 Å². The maximum atomic E-state index is 12.1. The molecule has 0 amide bonds. The molecule has 108 valence electrons. The Morgan fingerprint density at radius 2 is 1.74 bits per heavy atom. The molecular weight excluding hydrogens is 284 g/mol. The summed E-state index contributed by atoms with van der Waals surface area (Å²) in [6.07, 6.45) is 3.90. The smallest absolute Gasteiger partial charge is 0.276 e. The molecule has 0 spiro atoms. The van der Waals surface area contributed by atoms with Crippen molar-refractivity contribution in [2.45, 2.75) is 13.3 Å². The summed E-state index contributed by atoms with van der Waals surface area (Å²) in [6, 6.07) is 8.84. The van der Waals surface area contributed by atoms with Gasteiger partial charge in [-0.25, -0.2) is 3.63 Å². The van der Waals surface area contributed by atoms with Crippen LogP contribution in [0.25, 0.3) is 0 Å². The van der Waals surface area contributed by atoms with Crippen molar-refractivity contribution in [3.8, 4) is 0 Å². The second-order valence-electron chi connectivity index (χ2n) is 4.70. The summed E-state index contributed by atoms with van der Waals surface area (Å²) in [5.74, 6) is 0.00965.